The number of piperazine rings is 1. The van der Waals surface area contributed by atoms with Crippen LogP contribution in [-0.4, -0.2) is 53.4 Å². The van der Waals surface area contributed by atoms with E-state index in [4.69, 9.17) is 5.73 Å². The molecule has 9 nitrogen and oxygen atoms in total. The molecule has 2 amide bonds. The second kappa shape index (κ2) is 8.22. The molecule has 1 aliphatic heterocycles. The Labute approximate surface area is 164 Å². The molecule has 4 N–H and O–H groups in total. The van der Waals surface area contributed by atoms with Gasteiger partial charge in [0, 0.05) is 35.7 Å². The van der Waals surface area contributed by atoms with Crippen LogP contribution in [-0.2, 0) is 4.79 Å². The molecular weight excluding hydrogens is 418 g/mol. The van der Waals surface area contributed by atoms with Crippen molar-refractivity contribution in [3.8, 4) is 0 Å². The van der Waals surface area contributed by atoms with Gasteiger partial charge in [-0.1, -0.05) is 28.8 Å². The van der Waals surface area contributed by atoms with Gasteiger partial charge < -0.3 is 21.3 Å². The van der Waals surface area contributed by atoms with E-state index in [0.29, 0.717) is 17.6 Å². The van der Waals surface area contributed by atoms with Crippen molar-refractivity contribution in [2.45, 2.75) is 37.8 Å². The molecule has 1 aromatic carbocycles. The Hall–Kier alpha value is -2.20. The van der Waals surface area contributed by atoms with E-state index >= 15 is 0 Å². The number of nitro benzene ring substituents is 1. The minimum absolute atomic E-state index is 0.0679. The molecule has 146 valence electrons. The number of nitrogens with zero attached hydrogens (tertiary/aromatic N) is 2. The molecule has 1 aliphatic carbocycles. The molecule has 0 spiro atoms. The molecule has 3 rings (SSSR count). The zero-order valence-corrected chi connectivity index (χ0v) is 16.3. The molecule has 0 unspecified atom stereocenters. The van der Waals surface area contributed by atoms with E-state index in [1.807, 2.05) is 0 Å². The topological polar surface area (TPSA) is 131 Å². The van der Waals surface area contributed by atoms with Gasteiger partial charge in [0.2, 0.25) is 5.91 Å². The van der Waals surface area contributed by atoms with Crippen molar-refractivity contribution in [2.75, 3.05) is 25.0 Å². The maximum atomic E-state index is 13.0. The summed E-state index contributed by atoms with van der Waals surface area (Å²) in [4.78, 5) is 37.2. The van der Waals surface area contributed by atoms with E-state index in [1.165, 1.54) is 11.0 Å². The number of nitrogens with two attached hydrogens (primary N) is 1. The molecule has 1 saturated carbocycles. The minimum atomic E-state index is -0.513. The molecule has 10 heteroatoms. The maximum Gasteiger partial charge on any atom is 0.294 e. The van der Waals surface area contributed by atoms with E-state index in [9.17, 15) is 19.7 Å². The highest BCUT2D eigenvalue weighted by atomic mass is 79.9. The lowest BCUT2D eigenvalue weighted by Gasteiger charge is -2.32. The van der Waals surface area contributed by atoms with Gasteiger partial charge in [0.15, 0.2) is 0 Å². The van der Waals surface area contributed by atoms with Gasteiger partial charge in [0.05, 0.1) is 17.0 Å². The molecule has 0 bridgehead atoms. The van der Waals surface area contributed by atoms with Crippen LogP contribution in [0.5, 0.6) is 0 Å². The van der Waals surface area contributed by atoms with Gasteiger partial charge in [0.1, 0.15) is 5.69 Å². The highest BCUT2D eigenvalue weighted by molar-refractivity contribution is 9.10. The summed E-state index contributed by atoms with van der Waals surface area (Å²) in [6, 6.07) is 2.65. The predicted molar refractivity (Wildman–Crippen MR) is 104 cm³/mol. The van der Waals surface area contributed by atoms with Gasteiger partial charge >= 0.3 is 0 Å². The Kier molecular flexibility index (Phi) is 5.95. The molecule has 1 saturated heterocycles. The standard InChI is InChI=1S/C17H22BrN5O4/c18-10-7-11(17(25)22-6-5-20-15(24)9-22)16(14(8-10)23(26)27)21-13-4-2-1-3-12(13)19/h7-8,12-13,21H,1-6,9,19H2,(H,20,24)/t12-,13+/m0/s1. The van der Waals surface area contributed by atoms with Gasteiger partial charge in [-0.25, -0.2) is 0 Å². The quantitative estimate of drug-likeness (QED) is 0.482. The molecule has 0 aromatic heterocycles. The SMILES string of the molecule is N[C@H]1CCCC[C@H]1Nc1c(C(=O)N2CCNC(=O)C2)cc(Br)cc1[N+](=O)[O-]. The first-order valence-electron chi connectivity index (χ1n) is 8.93. The van der Waals surface area contributed by atoms with Crippen LogP contribution in [0, 0.1) is 10.1 Å². The summed E-state index contributed by atoms with van der Waals surface area (Å²) in [6.45, 7) is 0.645. The number of hydrogen-bond donors (Lipinski definition) is 3. The second-order valence-electron chi connectivity index (χ2n) is 6.88. The van der Waals surface area contributed by atoms with Crippen molar-refractivity contribution < 1.29 is 14.5 Å². The number of carbonyl (C=O) groups excluding carboxylic acids is 2. The lowest BCUT2D eigenvalue weighted by Crippen LogP contribution is -2.50. The molecule has 27 heavy (non-hydrogen) atoms. The van der Waals surface area contributed by atoms with Crippen LogP contribution in [0.4, 0.5) is 11.4 Å². The van der Waals surface area contributed by atoms with Crippen molar-refractivity contribution in [3.63, 3.8) is 0 Å². The second-order valence-corrected chi connectivity index (χ2v) is 7.80. The summed E-state index contributed by atoms with van der Waals surface area (Å²) in [6.07, 6.45) is 3.62. The van der Waals surface area contributed by atoms with Gasteiger partial charge in [-0.2, -0.15) is 0 Å². The van der Waals surface area contributed by atoms with E-state index in [2.05, 4.69) is 26.6 Å². The van der Waals surface area contributed by atoms with Crippen LogP contribution >= 0.6 is 15.9 Å². The third kappa shape index (κ3) is 4.38. The van der Waals surface area contributed by atoms with Crippen LogP contribution in [0.3, 0.4) is 0 Å². The van der Waals surface area contributed by atoms with Crippen molar-refractivity contribution in [1.82, 2.24) is 10.2 Å². The molecule has 1 aromatic rings. The van der Waals surface area contributed by atoms with Crippen LogP contribution < -0.4 is 16.4 Å². The number of amides is 2. The Morgan fingerprint density at radius 1 is 1.37 bits per heavy atom. The number of rotatable bonds is 4. The number of nitrogens with one attached hydrogen (secondary N) is 2. The van der Waals surface area contributed by atoms with Crippen molar-refractivity contribution in [1.29, 1.82) is 0 Å². The van der Waals surface area contributed by atoms with E-state index in [-0.39, 0.29) is 41.5 Å². The highest BCUT2D eigenvalue weighted by Crippen LogP contribution is 2.35. The number of hydrogen-bond acceptors (Lipinski definition) is 6. The number of halogens is 1. The van der Waals surface area contributed by atoms with Crippen molar-refractivity contribution >= 4 is 39.1 Å². The maximum absolute atomic E-state index is 13.0. The van der Waals surface area contributed by atoms with E-state index in [1.54, 1.807) is 6.07 Å². The Balaban J connectivity index is 1.99. The molecule has 2 fully saturated rings. The number of carbonyl (C=O) groups is 2. The monoisotopic (exact) mass is 439 g/mol. The lowest BCUT2D eigenvalue weighted by atomic mass is 9.90. The fraction of sp³-hybridized carbons (Fsp3) is 0.529. The number of benzene rings is 1. The third-order valence-electron chi connectivity index (χ3n) is 4.98. The predicted octanol–water partition coefficient (Wildman–Crippen LogP) is 1.61. The molecular formula is C17H22BrN5O4. The molecule has 1 heterocycles. The average Bonchev–Trinajstić information content (AvgIpc) is 2.63. The van der Waals surface area contributed by atoms with Gasteiger partial charge in [0.25, 0.3) is 11.6 Å². The fourth-order valence-electron chi connectivity index (χ4n) is 3.56. The Morgan fingerprint density at radius 2 is 2.11 bits per heavy atom. The van der Waals surface area contributed by atoms with E-state index < -0.39 is 10.8 Å². The molecule has 0 radical (unpaired) electrons. The molecule has 2 aliphatic rings. The zero-order chi connectivity index (χ0) is 19.6. The average molecular weight is 440 g/mol. The number of anilines is 1. The van der Waals surface area contributed by atoms with Gasteiger partial charge in [-0.3, -0.25) is 19.7 Å². The highest BCUT2D eigenvalue weighted by Gasteiger charge is 2.31. The van der Waals surface area contributed by atoms with Crippen LogP contribution in [0.15, 0.2) is 16.6 Å². The van der Waals surface area contributed by atoms with Crippen molar-refractivity contribution in [2.24, 2.45) is 5.73 Å². The minimum Gasteiger partial charge on any atom is -0.375 e. The smallest absolute Gasteiger partial charge is 0.294 e. The molecule has 2 atom stereocenters. The third-order valence-corrected chi connectivity index (χ3v) is 5.44. The van der Waals surface area contributed by atoms with Gasteiger partial charge in [-0.15, -0.1) is 0 Å². The largest absolute Gasteiger partial charge is 0.375 e. The normalized spacial score (nSPS) is 22.9. The number of nitro groups is 1. The fourth-order valence-corrected chi connectivity index (χ4v) is 4.01. The Bertz CT molecular complexity index is 772. The van der Waals surface area contributed by atoms with Crippen LogP contribution in [0.1, 0.15) is 36.0 Å². The summed E-state index contributed by atoms with van der Waals surface area (Å²) >= 11 is 3.25. The summed E-state index contributed by atoms with van der Waals surface area (Å²) in [5.41, 5.74) is 6.33. The van der Waals surface area contributed by atoms with Crippen molar-refractivity contribution in [3.05, 3.63) is 32.3 Å². The lowest BCUT2D eigenvalue weighted by molar-refractivity contribution is -0.384. The zero-order valence-electron chi connectivity index (χ0n) is 14.7. The van der Waals surface area contributed by atoms with E-state index in [0.717, 1.165) is 25.7 Å². The van der Waals surface area contributed by atoms with Crippen LogP contribution in [0.25, 0.3) is 0 Å². The first-order valence-corrected chi connectivity index (χ1v) is 9.72. The first-order chi connectivity index (χ1) is 12.9. The first kappa shape index (κ1) is 19.6. The summed E-state index contributed by atoms with van der Waals surface area (Å²) in [5, 5.41) is 17.5. The summed E-state index contributed by atoms with van der Waals surface area (Å²) in [7, 11) is 0. The van der Waals surface area contributed by atoms with Crippen LogP contribution in [0.2, 0.25) is 0 Å². The van der Waals surface area contributed by atoms with Gasteiger partial charge in [-0.05, 0) is 18.9 Å². The summed E-state index contributed by atoms with van der Waals surface area (Å²) < 4.78 is 0.428. The Morgan fingerprint density at radius 3 is 2.78 bits per heavy atom. The summed E-state index contributed by atoms with van der Waals surface area (Å²) in [5.74, 6) is -0.663.